The Morgan fingerprint density at radius 3 is 1.40 bits per heavy atom. The Labute approximate surface area is 396 Å². The summed E-state index contributed by atoms with van der Waals surface area (Å²) in [5.41, 5.74) is 3.88. The Morgan fingerprint density at radius 1 is 0.662 bits per heavy atom. The number of piperidine rings is 2. The summed E-state index contributed by atoms with van der Waals surface area (Å²) >= 11 is 0. The maximum Gasteiger partial charge on any atom is 0.410 e. The number of likely N-dealkylation sites (N-methyl/N-ethyl adjacent to an activating group) is 1. The lowest BCUT2D eigenvalue weighted by molar-refractivity contribution is -0.136. The molecule has 2 fully saturated rings. The van der Waals surface area contributed by atoms with Gasteiger partial charge in [0.1, 0.15) is 24.9 Å². The lowest BCUT2D eigenvalue weighted by atomic mass is 10.1. The lowest BCUT2D eigenvalue weighted by Crippen LogP contribution is -2.42. The van der Waals surface area contributed by atoms with Crippen molar-refractivity contribution < 1.29 is 52.7 Å². The average Bonchev–Trinajstić information content (AvgIpc) is 3.28. The van der Waals surface area contributed by atoms with Crippen LogP contribution in [-0.4, -0.2) is 153 Å². The molecule has 0 aromatic carbocycles. The molecule has 0 spiro atoms. The number of aromatic nitrogens is 6. The summed E-state index contributed by atoms with van der Waals surface area (Å²) in [5, 5.41) is 15.3. The van der Waals surface area contributed by atoms with Crippen molar-refractivity contribution in [1.29, 1.82) is 0 Å². The van der Waals surface area contributed by atoms with Crippen molar-refractivity contribution in [3.63, 3.8) is 0 Å². The number of methoxy groups -OCH3 is 2. The number of aliphatic carboxylic acids is 1. The van der Waals surface area contributed by atoms with Crippen molar-refractivity contribution in [3.05, 3.63) is 59.7 Å². The molecular weight excluding hydrogens is 883 g/mol. The maximum absolute atomic E-state index is 12.1. The molecule has 22 nitrogen and oxygen atoms in total. The fourth-order valence-corrected chi connectivity index (χ4v) is 7.02. The van der Waals surface area contributed by atoms with Crippen molar-refractivity contribution in [2.24, 2.45) is 0 Å². The van der Waals surface area contributed by atoms with Crippen LogP contribution in [0.15, 0.2) is 36.9 Å². The van der Waals surface area contributed by atoms with E-state index >= 15 is 0 Å². The first kappa shape index (κ1) is 51.7. The zero-order valence-corrected chi connectivity index (χ0v) is 40.4. The number of pyridine rings is 2. The van der Waals surface area contributed by atoms with Crippen LogP contribution in [0.4, 0.5) is 32.6 Å². The minimum atomic E-state index is -0.940. The summed E-state index contributed by atoms with van der Waals surface area (Å²) in [6.45, 7) is 13.1. The second-order valence-corrected chi connectivity index (χ2v) is 16.8. The molecule has 368 valence electrons. The highest BCUT2D eigenvalue weighted by atomic mass is 16.6. The lowest BCUT2D eigenvalue weighted by Gasteiger charge is -2.32. The smallest absolute Gasteiger partial charge is 0.410 e. The van der Waals surface area contributed by atoms with Gasteiger partial charge in [-0.2, -0.15) is 9.97 Å². The quantitative estimate of drug-likeness (QED) is 0.118. The van der Waals surface area contributed by atoms with Crippen molar-refractivity contribution >= 4 is 47.1 Å². The highest BCUT2D eigenvalue weighted by Crippen LogP contribution is 2.36. The largest absolute Gasteiger partial charge is 0.489 e. The molecule has 2 aliphatic rings. The highest BCUT2D eigenvalue weighted by molar-refractivity contribution is 5.78. The van der Waals surface area contributed by atoms with E-state index < -0.39 is 5.97 Å². The summed E-state index contributed by atoms with van der Waals surface area (Å²) in [4.78, 5) is 77.9. The zero-order valence-electron chi connectivity index (χ0n) is 40.4. The Morgan fingerprint density at radius 2 is 1.06 bits per heavy atom. The van der Waals surface area contributed by atoms with Gasteiger partial charge in [0.25, 0.3) is 11.8 Å². The molecule has 0 saturated carbocycles. The molecule has 4 aromatic rings. The van der Waals surface area contributed by atoms with E-state index in [1.165, 1.54) is 31.8 Å². The van der Waals surface area contributed by atoms with Crippen molar-refractivity contribution in [1.82, 2.24) is 44.6 Å². The van der Waals surface area contributed by atoms with E-state index in [1.807, 2.05) is 40.7 Å². The number of aryl methyl sites for hydroxylation is 2. The SMILES string of the molecule is COc1c(Nc2ccc(CC(=O)N(C)C)nc2C)ncnc1OC1CCN(C(=O)OC(C)C)CC1.COc1c(Nc2ccc(CC(=O)O)nc2C)ncnc1OC1CCN(C(=O)OC(C)C)CC1. The number of carbonyl (C=O) groups excluding carboxylic acids is 3. The van der Waals surface area contributed by atoms with E-state index in [0.717, 1.165) is 11.4 Å². The first-order valence-corrected chi connectivity index (χ1v) is 22.4. The molecule has 22 heteroatoms. The molecule has 68 heavy (non-hydrogen) atoms. The number of hydrogen-bond donors (Lipinski definition) is 3. The number of carboxylic acids is 1. The van der Waals surface area contributed by atoms with Crippen LogP contribution < -0.4 is 29.6 Å². The van der Waals surface area contributed by atoms with Gasteiger partial charge in [0, 0.05) is 66.0 Å². The van der Waals surface area contributed by atoms with Crippen LogP contribution in [0.3, 0.4) is 0 Å². The van der Waals surface area contributed by atoms with Gasteiger partial charge < -0.3 is 58.9 Å². The van der Waals surface area contributed by atoms with Crippen LogP contribution in [0.2, 0.25) is 0 Å². The van der Waals surface area contributed by atoms with Gasteiger partial charge in [-0.1, -0.05) is 0 Å². The van der Waals surface area contributed by atoms with Gasteiger partial charge >= 0.3 is 18.2 Å². The van der Waals surface area contributed by atoms with Crippen LogP contribution in [0.1, 0.15) is 76.2 Å². The van der Waals surface area contributed by atoms with Crippen molar-refractivity contribution in [2.45, 2.75) is 104 Å². The van der Waals surface area contributed by atoms with Gasteiger partial charge in [-0.15, -0.1) is 0 Å². The molecule has 3 amide bonds. The molecule has 3 N–H and O–H groups in total. The molecule has 2 saturated heterocycles. The number of anilines is 4. The van der Waals surface area contributed by atoms with E-state index in [2.05, 4.69) is 40.5 Å². The van der Waals surface area contributed by atoms with E-state index in [9.17, 15) is 19.2 Å². The number of carboxylic acid groups (broad SMARTS) is 1. The van der Waals surface area contributed by atoms with E-state index in [4.69, 9.17) is 33.5 Å². The predicted molar refractivity (Wildman–Crippen MR) is 249 cm³/mol. The molecule has 0 bridgehead atoms. The van der Waals surface area contributed by atoms with E-state index in [-0.39, 0.29) is 55.4 Å². The first-order valence-electron chi connectivity index (χ1n) is 22.4. The number of nitrogens with zero attached hydrogens (tertiary/aromatic N) is 9. The van der Waals surface area contributed by atoms with Gasteiger partial charge in [-0.05, 0) is 65.8 Å². The van der Waals surface area contributed by atoms with E-state index in [0.29, 0.717) is 110 Å². The second kappa shape index (κ2) is 24.5. The topological polar surface area (TPSA) is 255 Å². The minimum absolute atomic E-state index is 0.0143. The number of nitrogens with one attached hydrogen (secondary N) is 2. The van der Waals surface area contributed by atoms with Crippen LogP contribution in [-0.2, 0) is 31.9 Å². The first-order chi connectivity index (χ1) is 32.4. The molecule has 4 aromatic heterocycles. The Kier molecular flexibility index (Phi) is 18.6. The summed E-state index contributed by atoms with van der Waals surface area (Å²) in [5.74, 6) is 1.23. The summed E-state index contributed by atoms with van der Waals surface area (Å²) in [6.07, 6.45) is 4.26. The normalized spacial score (nSPS) is 14.1. The summed E-state index contributed by atoms with van der Waals surface area (Å²) < 4.78 is 33.8. The molecule has 6 heterocycles. The molecule has 2 aliphatic heterocycles. The van der Waals surface area contributed by atoms with Crippen LogP contribution in [0.5, 0.6) is 23.3 Å². The fraction of sp³-hybridized carbons (Fsp3) is 0.522. The number of likely N-dealkylation sites (tertiary alicyclic amines) is 2. The standard InChI is InChI=1S/C24H34N6O5.C22H29N5O6/c1-15(2)34-24(32)30-11-9-18(10-12-30)35-23-21(33-6)22(25-14-26-23)28-19-8-7-17(27-16(19)3)13-20(31)29(4)5;1-13(2)32-22(30)27-9-7-16(8-10-27)33-21-19(31-4)20(23-12-24-21)26-17-6-5-15(11-18(28)29)25-14(17)3/h7-8,14-15,18H,9-13H2,1-6H3,(H,25,26,28);5-6,12-13,16H,7-11H2,1-4H3,(H,28,29)(H,23,24,26). The maximum atomic E-state index is 12.1. The number of amides is 3. The van der Waals surface area contributed by atoms with Crippen molar-refractivity contribution in [2.75, 3.05) is 65.1 Å². The van der Waals surface area contributed by atoms with Crippen LogP contribution in [0.25, 0.3) is 0 Å². The van der Waals surface area contributed by atoms with Crippen LogP contribution in [0, 0.1) is 13.8 Å². The Bertz CT molecular complexity index is 2350. The van der Waals surface area contributed by atoms with Crippen LogP contribution >= 0.6 is 0 Å². The highest BCUT2D eigenvalue weighted by Gasteiger charge is 2.29. The molecule has 0 unspecified atom stereocenters. The average molecular weight is 946 g/mol. The third-order valence-corrected chi connectivity index (χ3v) is 10.5. The number of carbonyl (C=O) groups is 4. The van der Waals surface area contributed by atoms with Gasteiger partial charge in [-0.3, -0.25) is 19.6 Å². The van der Waals surface area contributed by atoms with Gasteiger partial charge in [0.2, 0.25) is 17.4 Å². The monoisotopic (exact) mass is 945 g/mol. The number of ether oxygens (including phenoxy) is 6. The third kappa shape index (κ3) is 14.9. The predicted octanol–water partition coefficient (Wildman–Crippen LogP) is 5.90. The van der Waals surface area contributed by atoms with Crippen molar-refractivity contribution in [3.8, 4) is 23.3 Å². The molecule has 0 radical (unpaired) electrons. The molecular formula is C46H63N11O11. The molecule has 0 aliphatic carbocycles. The molecule has 6 rings (SSSR count). The third-order valence-electron chi connectivity index (χ3n) is 10.5. The Hall–Kier alpha value is -7.26. The van der Waals surface area contributed by atoms with Gasteiger partial charge in [0.15, 0.2) is 11.6 Å². The summed E-state index contributed by atoms with van der Waals surface area (Å²) in [6, 6.07) is 7.05. The minimum Gasteiger partial charge on any atom is -0.489 e. The van der Waals surface area contributed by atoms with E-state index in [1.54, 1.807) is 49.0 Å². The zero-order chi connectivity index (χ0) is 49.5. The fourth-order valence-electron chi connectivity index (χ4n) is 7.02. The number of rotatable bonds is 16. The Balaban J connectivity index is 0.000000255. The second-order valence-electron chi connectivity index (χ2n) is 16.8. The van der Waals surface area contributed by atoms with Gasteiger partial charge in [0.05, 0.1) is 73.4 Å². The number of hydrogen-bond acceptors (Lipinski definition) is 18. The van der Waals surface area contributed by atoms with Gasteiger partial charge in [-0.25, -0.2) is 19.6 Å². The summed E-state index contributed by atoms with van der Waals surface area (Å²) in [7, 11) is 6.47. The molecule has 0 atom stereocenters.